The van der Waals surface area contributed by atoms with Crippen LogP contribution < -0.4 is 26.4 Å². The van der Waals surface area contributed by atoms with Crippen molar-refractivity contribution in [3.63, 3.8) is 0 Å². The molecular formula is C52H48BBrF4N6O6. The van der Waals surface area contributed by atoms with Crippen LogP contribution in [0.25, 0.3) is 11.1 Å². The summed E-state index contributed by atoms with van der Waals surface area (Å²) in [6.07, 6.45) is 6.94. The molecule has 6 aromatic rings. The normalized spacial score (nSPS) is 24.5. The summed E-state index contributed by atoms with van der Waals surface area (Å²) in [6.45, 7) is 0. The molecule has 0 bridgehead atoms. The smallest absolute Gasteiger partial charge is 0.482 e. The van der Waals surface area contributed by atoms with E-state index in [1.165, 1.54) is 33.9 Å². The van der Waals surface area contributed by atoms with E-state index in [1.807, 2.05) is 42.5 Å². The van der Waals surface area contributed by atoms with Crippen LogP contribution in [0.1, 0.15) is 71.9 Å². The number of hydrogen-bond donors (Lipinski definition) is 4. The van der Waals surface area contributed by atoms with Crippen LogP contribution in [0, 0.1) is 23.3 Å². The maximum absolute atomic E-state index is 13.9. The molecule has 360 valence electrons. The second-order valence-electron chi connectivity index (χ2n) is 18.3. The van der Waals surface area contributed by atoms with Crippen LogP contribution >= 0.6 is 15.9 Å². The molecule has 4 aliphatic heterocycles. The average molecular weight is 1020 g/mol. The third-order valence-electron chi connectivity index (χ3n) is 13.7. The maximum atomic E-state index is 13.9. The van der Waals surface area contributed by atoms with E-state index in [2.05, 4.69) is 52.3 Å². The van der Waals surface area contributed by atoms with Crippen molar-refractivity contribution in [1.82, 2.24) is 10.1 Å². The summed E-state index contributed by atoms with van der Waals surface area (Å²) in [7, 11) is 1.68. The lowest BCUT2D eigenvalue weighted by Gasteiger charge is -2.47. The number of aryl methyl sites for hydroxylation is 2. The van der Waals surface area contributed by atoms with Gasteiger partial charge in [-0.15, -0.1) is 0 Å². The first kappa shape index (κ1) is 47.3. The Bertz CT molecular complexity index is 3060. The zero-order valence-corrected chi connectivity index (χ0v) is 39.7. The van der Waals surface area contributed by atoms with Gasteiger partial charge in [-0.2, -0.15) is 0 Å². The Labute approximate surface area is 410 Å². The maximum Gasteiger partial charge on any atom is 0.488 e. The lowest BCUT2D eigenvalue weighted by atomic mass is 9.72. The number of aliphatic imine (C=N–C) groups is 2. The van der Waals surface area contributed by atoms with E-state index in [0.29, 0.717) is 47.3 Å². The molecule has 12 rings (SSSR count). The number of hydroxylamine groups is 4. The SMILES string of the molecule is CN1OC2(CC3(CCCc4ccccc43)Oc3ccc(-c4cc(F)cc(F)c4)cc32)N=C1N.CN1OC2(CC3(CCCc4ccccc43)Oc3ccc(Br)cc32)N=C1N.OB(O)c1cc(F)cc(F)c1. The molecule has 4 spiro atoms. The number of hydrogen-bond acceptors (Lipinski definition) is 12. The van der Waals surface area contributed by atoms with Gasteiger partial charge in [0.2, 0.25) is 23.4 Å². The minimum atomic E-state index is -1.83. The number of nitrogens with zero attached hydrogens (tertiary/aromatic N) is 4. The van der Waals surface area contributed by atoms with Gasteiger partial charge in [0.1, 0.15) is 46.0 Å². The topological polar surface area (TPSA) is 161 Å². The van der Waals surface area contributed by atoms with Crippen molar-refractivity contribution in [2.24, 2.45) is 21.5 Å². The van der Waals surface area contributed by atoms with Crippen LogP contribution in [0.4, 0.5) is 17.6 Å². The lowest BCUT2D eigenvalue weighted by Crippen LogP contribution is -2.48. The van der Waals surface area contributed by atoms with Crippen LogP contribution in [-0.4, -0.2) is 53.3 Å². The molecule has 6 aliphatic rings. The number of benzene rings is 6. The highest BCUT2D eigenvalue weighted by Gasteiger charge is 2.58. The number of halogens is 5. The Morgan fingerprint density at radius 3 is 1.50 bits per heavy atom. The molecular weight excluding hydrogens is 971 g/mol. The van der Waals surface area contributed by atoms with Crippen LogP contribution in [0.5, 0.6) is 11.5 Å². The summed E-state index contributed by atoms with van der Waals surface area (Å²) in [4.78, 5) is 22.0. The van der Waals surface area contributed by atoms with Crippen LogP contribution in [0.15, 0.2) is 136 Å². The molecule has 0 aromatic heterocycles. The minimum absolute atomic E-state index is 0.192. The van der Waals surface area contributed by atoms with E-state index < -0.39 is 53.0 Å². The van der Waals surface area contributed by atoms with Crippen molar-refractivity contribution < 1.29 is 46.8 Å². The van der Waals surface area contributed by atoms with Gasteiger partial charge in [-0.05, 0) is 132 Å². The van der Waals surface area contributed by atoms with Crippen LogP contribution in [0.3, 0.4) is 0 Å². The summed E-state index contributed by atoms with van der Waals surface area (Å²) in [5.41, 5.74) is 16.7. The van der Waals surface area contributed by atoms with E-state index in [1.54, 1.807) is 25.2 Å². The molecule has 0 saturated heterocycles. The largest absolute Gasteiger partial charge is 0.488 e. The molecule has 0 fully saturated rings. The average Bonchev–Trinajstić information content (AvgIpc) is 3.77. The first-order valence-electron chi connectivity index (χ1n) is 22.8. The molecule has 4 atom stereocenters. The molecule has 2 aliphatic carbocycles. The van der Waals surface area contributed by atoms with Gasteiger partial charge in [-0.25, -0.2) is 47.3 Å². The highest BCUT2D eigenvalue weighted by Crippen LogP contribution is 2.58. The van der Waals surface area contributed by atoms with Crippen molar-refractivity contribution in [2.45, 2.75) is 74.0 Å². The van der Waals surface area contributed by atoms with Crippen molar-refractivity contribution >= 4 is 40.4 Å². The molecule has 4 unspecified atom stereocenters. The van der Waals surface area contributed by atoms with E-state index in [9.17, 15) is 17.6 Å². The van der Waals surface area contributed by atoms with Crippen molar-refractivity contribution in [1.29, 1.82) is 0 Å². The van der Waals surface area contributed by atoms with E-state index in [4.69, 9.17) is 50.6 Å². The number of guanidine groups is 2. The fourth-order valence-electron chi connectivity index (χ4n) is 10.7. The summed E-state index contributed by atoms with van der Waals surface area (Å²) >= 11 is 3.56. The van der Waals surface area contributed by atoms with Gasteiger partial charge in [0.05, 0.1) is 11.1 Å². The zero-order chi connectivity index (χ0) is 49.2. The van der Waals surface area contributed by atoms with Crippen molar-refractivity contribution in [2.75, 3.05) is 14.1 Å². The van der Waals surface area contributed by atoms with Gasteiger partial charge in [-0.1, -0.05) is 70.5 Å². The molecule has 12 nitrogen and oxygen atoms in total. The number of rotatable bonds is 2. The first-order chi connectivity index (χ1) is 33.5. The van der Waals surface area contributed by atoms with Gasteiger partial charge in [0, 0.05) is 43.5 Å². The van der Waals surface area contributed by atoms with Crippen LogP contribution in [0.2, 0.25) is 0 Å². The lowest BCUT2D eigenvalue weighted by molar-refractivity contribution is -0.208. The Hall–Kier alpha value is -6.44. The summed E-state index contributed by atoms with van der Waals surface area (Å²) in [5, 5.41) is 20.0. The van der Waals surface area contributed by atoms with Gasteiger partial charge in [0.15, 0.2) is 0 Å². The van der Waals surface area contributed by atoms with Crippen LogP contribution in [-0.2, 0) is 45.2 Å². The molecule has 0 radical (unpaired) electrons. The van der Waals surface area contributed by atoms with Crippen molar-refractivity contribution in [3.8, 4) is 22.6 Å². The highest BCUT2D eigenvalue weighted by atomic mass is 79.9. The fourth-order valence-corrected chi connectivity index (χ4v) is 11.1. The standard InChI is InChI=1S/C26H23F2N3O2.C20H20BrN3O2.C6H5BF2O2/c1-31-24(29)30-26(33-31)15-25(10-4-6-16-5-2-3-7-21(16)25)32-23-9-8-17(13-22(23)26)18-11-19(27)14-20(28)12-18;1-24-18(22)23-20(26-24)12-19(25-17-9-8-14(21)11-16(17)20)10-4-6-13-5-2-3-7-15(13)19;8-5-1-4(7(10)11)2-6(9)3-5/h2-3,5,7-9,11-14H,4,6,10,15H2,1H3,(H2,29,30);2-3,5,7-9,11H,4,6,10,12H2,1H3,(H2,22,23);1-3,10-11H. The fraction of sp³-hybridized carbons (Fsp3) is 0.269. The third kappa shape index (κ3) is 8.65. The first-order valence-corrected chi connectivity index (χ1v) is 23.6. The quantitative estimate of drug-likeness (QED) is 0.0980. The Kier molecular flexibility index (Phi) is 12.2. The molecule has 18 heteroatoms. The molecule has 4 heterocycles. The monoisotopic (exact) mass is 1020 g/mol. The minimum Gasteiger partial charge on any atom is -0.482 e. The molecule has 0 amide bonds. The van der Waals surface area contributed by atoms with E-state index in [-0.39, 0.29) is 11.4 Å². The highest BCUT2D eigenvalue weighted by molar-refractivity contribution is 9.10. The second kappa shape index (κ2) is 18.1. The zero-order valence-electron chi connectivity index (χ0n) is 38.1. The van der Waals surface area contributed by atoms with Crippen molar-refractivity contribution in [3.05, 3.63) is 182 Å². The second-order valence-corrected chi connectivity index (χ2v) is 19.3. The number of ether oxygens (including phenoxy) is 2. The van der Waals surface area contributed by atoms with E-state index in [0.717, 1.165) is 78.1 Å². The van der Waals surface area contributed by atoms with Gasteiger partial charge < -0.3 is 31.0 Å². The van der Waals surface area contributed by atoms with Gasteiger partial charge in [0.25, 0.3) is 0 Å². The number of nitrogens with two attached hydrogens (primary N) is 2. The molecule has 6 aromatic carbocycles. The molecule has 0 saturated carbocycles. The Morgan fingerprint density at radius 1 is 0.571 bits per heavy atom. The van der Waals surface area contributed by atoms with Gasteiger partial charge >= 0.3 is 7.12 Å². The summed E-state index contributed by atoms with van der Waals surface area (Å²) in [5.74, 6) is -0.827. The van der Waals surface area contributed by atoms with Gasteiger partial charge in [-0.3, -0.25) is 0 Å². The summed E-state index contributed by atoms with van der Waals surface area (Å²) < 4.78 is 66.8. The van der Waals surface area contributed by atoms with E-state index >= 15 is 0 Å². The predicted octanol–water partition coefficient (Wildman–Crippen LogP) is 8.44. The Morgan fingerprint density at radius 2 is 1.03 bits per heavy atom. The molecule has 70 heavy (non-hydrogen) atoms. The predicted molar refractivity (Wildman–Crippen MR) is 259 cm³/mol. The molecule has 6 N–H and O–H groups in total. The Balaban J connectivity index is 0.000000136. The third-order valence-corrected chi connectivity index (χ3v) is 14.2. The summed E-state index contributed by atoms with van der Waals surface area (Å²) in [6, 6.07) is 34.2. The number of fused-ring (bicyclic) bond motifs is 8.